The second-order valence-corrected chi connectivity index (χ2v) is 10.7. The van der Waals surface area contributed by atoms with Crippen LogP contribution in [0.1, 0.15) is 70.4 Å². The number of rotatable bonds is 4. The first kappa shape index (κ1) is 26.3. The van der Waals surface area contributed by atoms with Gasteiger partial charge in [0.05, 0.1) is 6.42 Å². The molecule has 1 aromatic carbocycles. The minimum Gasteiger partial charge on any atom is -0.475 e. The van der Waals surface area contributed by atoms with Crippen molar-refractivity contribution in [1.29, 1.82) is 0 Å². The maximum atomic E-state index is 11.9. The van der Waals surface area contributed by atoms with Gasteiger partial charge in [-0.05, 0) is 66.8 Å². The molecule has 4 rings (SSSR count). The number of ether oxygens (including phenoxy) is 2. The van der Waals surface area contributed by atoms with Gasteiger partial charge in [-0.25, -0.2) is 4.79 Å². The first-order valence-electron chi connectivity index (χ1n) is 11.8. The van der Waals surface area contributed by atoms with E-state index in [4.69, 9.17) is 19.4 Å². The molecule has 0 radical (unpaired) electrons. The van der Waals surface area contributed by atoms with E-state index < -0.39 is 12.1 Å². The molecule has 2 bridgehead atoms. The van der Waals surface area contributed by atoms with E-state index in [1.54, 1.807) is 0 Å². The summed E-state index contributed by atoms with van der Waals surface area (Å²) < 4.78 is 42.8. The summed E-state index contributed by atoms with van der Waals surface area (Å²) in [6.07, 6.45) is 3.00. The molecule has 34 heavy (non-hydrogen) atoms. The van der Waals surface area contributed by atoms with Crippen molar-refractivity contribution in [2.75, 3.05) is 13.3 Å². The highest BCUT2D eigenvalue weighted by atomic mass is 19.4. The van der Waals surface area contributed by atoms with Crippen LogP contribution in [0, 0.1) is 11.3 Å². The van der Waals surface area contributed by atoms with E-state index in [9.17, 15) is 18.0 Å². The minimum atomic E-state index is -5.08. The third-order valence-corrected chi connectivity index (χ3v) is 6.98. The van der Waals surface area contributed by atoms with Crippen LogP contribution < -0.4 is 10.1 Å². The van der Waals surface area contributed by atoms with Crippen LogP contribution in [-0.2, 0) is 26.2 Å². The molecule has 0 spiro atoms. The van der Waals surface area contributed by atoms with Crippen molar-refractivity contribution in [1.82, 2.24) is 5.32 Å². The summed E-state index contributed by atoms with van der Waals surface area (Å²) >= 11 is 0. The number of aliphatic carboxylic acids is 1. The average Bonchev–Trinajstić information content (AvgIpc) is 2.72. The topological polar surface area (TPSA) is 84.9 Å². The predicted molar refractivity (Wildman–Crippen MR) is 120 cm³/mol. The highest BCUT2D eigenvalue weighted by Crippen LogP contribution is 2.54. The fourth-order valence-corrected chi connectivity index (χ4v) is 5.64. The first-order valence-corrected chi connectivity index (χ1v) is 11.8. The first-order chi connectivity index (χ1) is 15.8. The fraction of sp³-hybridized carbons (Fsp3) is 0.680. The number of benzene rings is 1. The van der Waals surface area contributed by atoms with Crippen molar-refractivity contribution in [3.63, 3.8) is 0 Å². The third kappa shape index (κ3) is 6.23. The van der Waals surface area contributed by atoms with E-state index in [-0.39, 0.29) is 18.2 Å². The monoisotopic (exact) mass is 485 g/mol. The highest BCUT2D eigenvalue weighted by Gasteiger charge is 2.51. The average molecular weight is 486 g/mol. The standard InChI is InChI=1S/C23H33NO3.C2HF3O2/c1-22(2,3)14-21(25)27-15-26-17-8-7-16-12-20-18-6-4-5-9-23(18,10-11-24-20)19(16)13-17;3-2(4,5)1(6)7/h7-8,13,18,20,24H,4-6,9-12,14-15H2,1-3H3;(H,6,7)/t18-,20-,23+;/m1./s1. The Balaban J connectivity index is 0.000000406. The molecule has 2 fully saturated rings. The number of carbonyl (C=O) groups excluding carboxylic acids is 1. The Hall–Kier alpha value is -2.29. The Kier molecular flexibility index (Phi) is 7.85. The largest absolute Gasteiger partial charge is 0.490 e. The van der Waals surface area contributed by atoms with Crippen LogP contribution in [0.15, 0.2) is 18.2 Å². The van der Waals surface area contributed by atoms with E-state index >= 15 is 0 Å². The lowest BCUT2D eigenvalue weighted by Crippen LogP contribution is -2.59. The van der Waals surface area contributed by atoms with Gasteiger partial charge in [0.15, 0.2) is 0 Å². The van der Waals surface area contributed by atoms with Crippen LogP contribution in [-0.4, -0.2) is 42.6 Å². The number of esters is 1. The molecule has 2 aliphatic carbocycles. The number of fused-ring (bicyclic) bond motifs is 1. The molecule has 190 valence electrons. The lowest BCUT2D eigenvalue weighted by Gasteiger charge is -2.56. The second-order valence-electron chi connectivity index (χ2n) is 10.7. The van der Waals surface area contributed by atoms with Gasteiger partial charge in [0, 0.05) is 11.5 Å². The number of hydrogen-bond donors (Lipinski definition) is 2. The molecule has 0 unspecified atom stereocenters. The van der Waals surface area contributed by atoms with Crippen LogP contribution in [0.5, 0.6) is 5.75 Å². The summed E-state index contributed by atoms with van der Waals surface area (Å²) in [5.74, 6) is -1.37. The summed E-state index contributed by atoms with van der Waals surface area (Å²) in [6, 6.07) is 7.14. The summed E-state index contributed by atoms with van der Waals surface area (Å²) in [5, 5.41) is 10.9. The van der Waals surface area contributed by atoms with Crippen LogP contribution in [0.2, 0.25) is 0 Å². The minimum absolute atomic E-state index is 0.00565. The molecule has 3 atom stereocenters. The number of carboxylic acids is 1. The second kappa shape index (κ2) is 10.1. The van der Waals surface area contributed by atoms with Gasteiger partial charge in [-0.1, -0.05) is 39.7 Å². The molecule has 1 heterocycles. The zero-order valence-corrected chi connectivity index (χ0v) is 20.0. The van der Waals surface area contributed by atoms with E-state index in [1.807, 2.05) is 26.8 Å². The van der Waals surface area contributed by atoms with Gasteiger partial charge in [0.25, 0.3) is 0 Å². The molecule has 1 saturated carbocycles. The van der Waals surface area contributed by atoms with Crippen molar-refractivity contribution >= 4 is 11.9 Å². The Bertz CT molecular complexity index is 892. The Morgan fingerprint density at radius 2 is 1.88 bits per heavy atom. The summed E-state index contributed by atoms with van der Waals surface area (Å²) in [6.45, 7) is 7.21. The predicted octanol–water partition coefficient (Wildman–Crippen LogP) is 4.98. The fourth-order valence-electron chi connectivity index (χ4n) is 5.64. The van der Waals surface area contributed by atoms with Gasteiger partial charge in [-0.15, -0.1) is 0 Å². The van der Waals surface area contributed by atoms with E-state index in [1.165, 1.54) is 43.2 Å². The van der Waals surface area contributed by atoms with Crippen molar-refractivity contribution < 1.29 is 37.3 Å². The summed E-state index contributed by atoms with van der Waals surface area (Å²) in [7, 11) is 0. The van der Waals surface area contributed by atoms with Gasteiger partial charge >= 0.3 is 18.1 Å². The quantitative estimate of drug-likeness (QED) is 0.462. The Morgan fingerprint density at radius 1 is 1.18 bits per heavy atom. The Morgan fingerprint density at radius 3 is 2.53 bits per heavy atom. The Labute approximate surface area is 198 Å². The molecule has 3 aliphatic rings. The zero-order valence-electron chi connectivity index (χ0n) is 20.0. The molecule has 1 aromatic rings. The van der Waals surface area contributed by atoms with Crippen LogP contribution >= 0.6 is 0 Å². The molecular weight excluding hydrogens is 451 g/mol. The molecule has 0 aromatic heterocycles. The number of halogens is 3. The molecule has 1 saturated heterocycles. The van der Waals surface area contributed by atoms with Gasteiger partial charge in [-0.3, -0.25) is 4.79 Å². The number of alkyl halides is 3. The molecule has 6 nitrogen and oxygen atoms in total. The van der Waals surface area contributed by atoms with Crippen molar-refractivity contribution in [3.8, 4) is 5.75 Å². The SMILES string of the molecule is CC(C)(C)CC(=O)OCOc1ccc2c(c1)[C@]13CCCC[C@@H]1[C@@H](C2)NCC3.O=C(O)C(F)(F)F. The molecule has 0 amide bonds. The van der Waals surface area contributed by atoms with Crippen molar-refractivity contribution in [3.05, 3.63) is 29.3 Å². The van der Waals surface area contributed by atoms with Gasteiger partial charge < -0.3 is 19.9 Å². The third-order valence-electron chi connectivity index (χ3n) is 6.98. The van der Waals surface area contributed by atoms with E-state index in [0.717, 1.165) is 24.6 Å². The number of hydrogen-bond acceptors (Lipinski definition) is 5. The number of piperidine rings is 1. The van der Waals surface area contributed by atoms with Gasteiger partial charge in [0.1, 0.15) is 5.75 Å². The lowest BCUT2D eigenvalue weighted by atomic mass is 9.53. The maximum absolute atomic E-state index is 11.9. The normalized spacial score (nSPS) is 25.7. The highest BCUT2D eigenvalue weighted by molar-refractivity contribution is 5.73. The molecule has 2 N–H and O–H groups in total. The van der Waals surface area contributed by atoms with Gasteiger partial charge in [0.2, 0.25) is 6.79 Å². The smallest absolute Gasteiger partial charge is 0.475 e. The zero-order chi connectivity index (χ0) is 25.1. The van der Waals surface area contributed by atoms with Crippen molar-refractivity contribution in [2.24, 2.45) is 11.3 Å². The number of carboxylic acid groups (broad SMARTS) is 1. The summed E-state index contributed by atoms with van der Waals surface area (Å²) in [5.41, 5.74) is 3.24. The molecule has 1 aliphatic heterocycles. The van der Waals surface area contributed by atoms with E-state index in [0.29, 0.717) is 17.9 Å². The molecular formula is C25H34F3NO5. The maximum Gasteiger partial charge on any atom is 0.490 e. The summed E-state index contributed by atoms with van der Waals surface area (Å²) in [4.78, 5) is 20.8. The molecule has 9 heteroatoms. The van der Waals surface area contributed by atoms with Crippen LogP contribution in [0.4, 0.5) is 13.2 Å². The van der Waals surface area contributed by atoms with Gasteiger partial charge in [-0.2, -0.15) is 13.2 Å². The van der Waals surface area contributed by atoms with E-state index in [2.05, 4.69) is 17.4 Å². The van der Waals surface area contributed by atoms with Crippen LogP contribution in [0.3, 0.4) is 0 Å². The number of nitrogens with one attached hydrogen (secondary N) is 1. The number of carbonyl (C=O) groups is 2. The lowest BCUT2D eigenvalue weighted by molar-refractivity contribution is -0.192. The van der Waals surface area contributed by atoms with Crippen molar-refractivity contribution in [2.45, 2.75) is 83.4 Å². The van der Waals surface area contributed by atoms with Crippen LogP contribution in [0.25, 0.3) is 0 Å².